The van der Waals surface area contributed by atoms with Gasteiger partial charge in [0.25, 0.3) is 16.0 Å². The predicted octanol–water partition coefficient (Wildman–Crippen LogP) is 1.43. The van der Waals surface area contributed by atoms with E-state index in [1.165, 1.54) is 0 Å². The molecule has 0 unspecified atom stereocenters. The molecule has 11 heteroatoms. The molecular formula is C21H31N6O4S+. The van der Waals surface area contributed by atoms with Crippen LogP contribution in [-0.4, -0.2) is 88.8 Å². The lowest BCUT2D eigenvalue weighted by atomic mass is 10.2. The van der Waals surface area contributed by atoms with E-state index in [1.807, 2.05) is 30.9 Å². The normalized spacial score (nSPS) is 16.2. The second kappa shape index (κ2) is 11.2. The number of carbonyl (C=O) groups excluding carboxylic acids is 1. The molecule has 1 atom stereocenters. The van der Waals surface area contributed by atoms with E-state index < -0.39 is 10.1 Å². The topological polar surface area (TPSA) is 129 Å². The number of nitriles is 1. The van der Waals surface area contributed by atoms with Gasteiger partial charge in [-0.3, -0.25) is 14.3 Å². The summed E-state index contributed by atoms with van der Waals surface area (Å²) in [6, 6.07) is 5.91. The first-order valence-corrected chi connectivity index (χ1v) is 12.2. The van der Waals surface area contributed by atoms with Gasteiger partial charge in [-0.05, 0) is 25.0 Å². The first-order valence-electron chi connectivity index (χ1n) is 10.3. The first kappa shape index (κ1) is 25.5. The van der Waals surface area contributed by atoms with Crippen molar-refractivity contribution in [2.75, 3.05) is 40.0 Å². The highest BCUT2D eigenvalue weighted by Gasteiger charge is 2.32. The maximum Gasteiger partial charge on any atom is 0.278 e. The first-order chi connectivity index (χ1) is 15.0. The van der Waals surface area contributed by atoms with E-state index in [-0.39, 0.29) is 11.9 Å². The molecule has 1 N–H and O–H groups in total. The zero-order chi connectivity index (χ0) is 23.8. The molecule has 1 saturated heterocycles. The van der Waals surface area contributed by atoms with Crippen molar-refractivity contribution in [3.05, 3.63) is 37.1 Å². The Kier molecular flexibility index (Phi) is 8.89. The quantitative estimate of drug-likeness (QED) is 0.486. The standard InChI is InChI=1S/C20H27N6O.CH4O3S/c1-26(2,15-20(27)25-10-4-7-18(25)12-21)11-5-9-24-14-19(23-16-24)17-6-3-8-22-13-17;1-5(2,3)4/h3,6,8,13-14,16,18H,4-5,7,9-11,15H2,1-2H3;1H3,(H,2,3,4)/q+1;/t18-;/m0./s1. The molecule has 32 heavy (non-hydrogen) atoms. The van der Waals surface area contributed by atoms with Crippen LogP contribution in [0, 0.1) is 11.3 Å². The average molecular weight is 464 g/mol. The summed E-state index contributed by atoms with van der Waals surface area (Å²) in [5.74, 6) is 0.0885. The number of amides is 1. The second-order valence-electron chi connectivity index (χ2n) is 8.52. The van der Waals surface area contributed by atoms with E-state index in [0.717, 1.165) is 43.6 Å². The third-order valence-corrected chi connectivity index (χ3v) is 5.06. The minimum atomic E-state index is -3.67. The Labute approximate surface area is 189 Å². The number of aromatic nitrogens is 3. The van der Waals surface area contributed by atoms with Gasteiger partial charge in [-0.1, -0.05) is 0 Å². The van der Waals surface area contributed by atoms with Crippen molar-refractivity contribution < 1.29 is 22.2 Å². The van der Waals surface area contributed by atoms with Crippen LogP contribution >= 0.6 is 0 Å². The molecule has 0 saturated carbocycles. The molecule has 0 spiro atoms. The summed E-state index contributed by atoms with van der Waals surface area (Å²) in [5, 5.41) is 9.17. The van der Waals surface area contributed by atoms with Crippen LogP contribution in [-0.2, 0) is 21.5 Å². The maximum atomic E-state index is 12.6. The predicted molar refractivity (Wildman–Crippen MR) is 120 cm³/mol. The summed E-state index contributed by atoms with van der Waals surface area (Å²) in [5.41, 5.74) is 1.93. The van der Waals surface area contributed by atoms with Crippen LogP contribution in [0.5, 0.6) is 0 Å². The van der Waals surface area contributed by atoms with Crippen LogP contribution in [0.1, 0.15) is 19.3 Å². The largest absolute Gasteiger partial charge is 0.337 e. The summed E-state index contributed by atoms with van der Waals surface area (Å²) < 4.78 is 28.6. The number of nitrogens with zero attached hydrogens (tertiary/aromatic N) is 6. The van der Waals surface area contributed by atoms with Crippen molar-refractivity contribution in [2.45, 2.75) is 31.8 Å². The highest BCUT2D eigenvalue weighted by atomic mass is 32.2. The molecule has 10 nitrogen and oxygen atoms in total. The van der Waals surface area contributed by atoms with Gasteiger partial charge in [0.05, 0.1) is 45.0 Å². The highest BCUT2D eigenvalue weighted by Crippen LogP contribution is 2.18. The lowest BCUT2D eigenvalue weighted by Gasteiger charge is -2.31. The summed E-state index contributed by atoms with van der Waals surface area (Å²) in [6.45, 7) is 2.89. The molecule has 0 aromatic carbocycles. The van der Waals surface area contributed by atoms with Gasteiger partial charge >= 0.3 is 0 Å². The fraction of sp³-hybridized carbons (Fsp3) is 0.524. The van der Waals surface area contributed by atoms with Crippen LogP contribution in [0.3, 0.4) is 0 Å². The van der Waals surface area contributed by atoms with Crippen LogP contribution in [0.15, 0.2) is 37.1 Å². The number of likely N-dealkylation sites (tertiary alicyclic amines) is 1. The van der Waals surface area contributed by atoms with E-state index in [0.29, 0.717) is 23.8 Å². The lowest BCUT2D eigenvalue weighted by molar-refractivity contribution is -0.883. The third-order valence-electron chi connectivity index (χ3n) is 5.06. The molecule has 1 fully saturated rings. The molecule has 1 aliphatic rings. The molecule has 0 bridgehead atoms. The van der Waals surface area contributed by atoms with Crippen molar-refractivity contribution in [3.63, 3.8) is 0 Å². The Hall–Kier alpha value is -2.81. The molecule has 174 valence electrons. The zero-order valence-electron chi connectivity index (χ0n) is 18.8. The Morgan fingerprint density at radius 3 is 2.75 bits per heavy atom. The van der Waals surface area contributed by atoms with Crippen molar-refractivity contribution in [3.8, 4) is 17.3 Å². The number of aryl methyl sites for hydroxylation is 1. The van der Waals surface area contributed by atoms with Gasteiger partial charge in [0.15, 0.2) is 6.54 Å². The number of hydrogen-bond donors (Lipinski definition) is 1. The minimum absolute atomic E-state index is 0.0885. The van der Waals surface area contributed by atoms with E-state index in [9.17, 15) is 18.5 Å². The summed E-state index contributed by atoms with van der Waals surface area (Å²) in [6.07, 6.45) is 10.8. The van der Waals surface area contributed by atoms with Crippen molar-refractivity contribution in [2.24, 2.45) is 0 Å². The number of likely N-dealkylation sites (N-methyl/N-ethyl adjacent to an activating group) is 1. The van der Waals surface area contributed by atoms with Gasteiger partial charge in [-0.2, -0.15) is 13.7 Å². The van der Waals surface area contributed by atoms with E-state index in [2.05, 4.69) is 34.7 Å². The fourth-order valence-corrected chi connectivity index (χ4v) is 3.56. The molecule has 2 aromatic rings. The third kappa shape index (κ3) is 8.74. The van der Waals surface area contributed by atoms with Crippen LogP contribution in [0.25, 0.3) is 11.3 Å². The van der Waals surface area contributed by atoms with Crippen LogP contribution < -0.4 is 0 Å². The van der Waals surface area contributed by atoms with Crippen molar-refractivity contribution >= 4 is 16.0 Å². The molecule has 1 aliphatic heterocycles. The summed E-state index contributed by atoms with van der Waals surface area (Å²) in [7, 11) is 0.481. The molecule has 3 heterocycles. The monoisotopic (exact) mass is 463 g/mol. The Bertz CT molecular complexity index is 1020. The number of imidazole rings is 1. The van der Waals surface area contributed by atoms with E-state index >= 15 is 0 Å². The number of rotatable bonds is 7. The minimum Gasteiger partial charge on any atom is -0.337 e. The number of quaternary nitrogens is 1. The molecule has 2 aromatic heterocycles. The number of carbonyl (C=O) groups is 1. The highest BCUT2D eigenvalue weighted by molar-refractivity contribution is 7.85. The van der Waals surface area contributed by atoms with Gasteiger partial charge < -0.3 is 14.0 Å². The Balaban J connectivity index is 0.000000654. The van der Waals surface area contributed by atoms with Gasteiger partial charge in [0.1, 0.15) is 6.04 Å². The lowest BCUT2D eigenvalue weighted by Crippen LogP contribution is -2.50. The van der Waals surface area contributed by atoms with E-state index in [4.69, 9.17) is 4.55 Å². The zero-order valence-corrected chi connectivity index (χ0v) is 19.6. The van der Waals surface area contributed by atoms with Crippen molar-refractivity contribution in [1.82, 2.24) is 19.4 Å². The number of pyridine rings is 1. The van der Waals surface area contributed by atoms with Gasteiger partial charge in [0.2, 0.25) is 0 Å². The van der Waals surface area contributed by atoms with Crippen LogP contribution in [0.4, 0.5) is 0 Å². The van der Waals surface area contributed by atoms with Gasteiger partial charge in [-0.25, -0.2) is 4.98 Å². The SMILES string of the molecule is CS(=O)(=O)O.C[N+](C)(CCCn1cnc(-c2cccnc2)c1)CC(=O)N1CCC[C@H]1C#N. The molecule has 0 aliphatic carbocycles. The average Bonchev–Trinajstić information content (AvgIpc) is 3.36. The molecule has 1 amide bonds. The number of hydrogen-bond acceptors (Lipinski definition) is 6. The van der Waals surface area contributed by atoms with Gasteiger partial charge in [0, 0.05) is 43.7 Å². The fourth-order valence-electron chi connectivity index (χ4n) is 3.56. The van der Waals surface area contributed by atoms with Crippen LogP contribution in [0.2, 0.25) is 0 Å². The summed E-state index contributed by atoms with van der Waals surface area (Å²) >= 11 is 0. The van der Waals surface area contributed by atoms with Gasteiger partial charge in [-0.15, -0.1) is 0 Å². The Morgan fingerprint density at radius 1 is 1.41 bits per heavy atom. The maximum absolute atomic E-state index is 12.6. The summed E-state index contributed by atoms with van der Waals surface area (Å²) in [4.78, 5) is 22.9. The molecule has 3 rings (SSSR count). The molecular weight excluding hydrogens is 432 g/mol. The smallest absolute Gasteiger partial charge is 0.278 e. The second-order valence-corrected chi connectivity index (χ2v) is 9.98. The molecule has 0 radical (unpaired) electrons. The van der Waals surface area contributed by atoms with E-state index in [1.54, 1.807) is 11.1 Å². The van der Waals surface area contributed by atoms with Crippen molar-refractivity contribution in [1.29, 1.82) is 5.26 Å². The Morgan fingerprint density at radius 2 is 2.12 bits per heavy atom.